The molecule has 0 N–H and O–H groups in total. The highest BCUT2D eigenvalue weighted by atomic mass is 19.3. The Kier molecular flexibility index (Phi) is 6.39. The van der Waals surface area contributed by atoms with Gasteiger partial charge in [-0.3, -0.25) is 4.79 Å². The number of alkyl halides is 2. The van der Waals surface area contributed by atoms with E-state index in [1.165, 1.54) is 12.1 Å². The third-order valence-corrected chi connectivity index (χ3v) is 4.78. The summed E-state index contributed by atoms with van der Waals surface area (Å²) < 4.78 is 31.7. The zero-order chi connectivity index (χ0) is 19.2. The van der Waals surface area contributed by atoms with Crippen LogP contribution in [0.4, 0.5) is 8.78 Å². The number of rotatable bonds is 6. The fourth-order valence-corrected chi connectivity index (χ4v) is 3.31. The number of aromatic nitrogens is 2. The first kappa shape index (κ1) is 19.3. The molecule has 2 aromatic rings. The van der Waals surface area contributed by atoms with Crippen molar-refractivity contribution in [1.29, 1.82) is 0 Å². The third-order valence-electron chi connectivity index (χ3n) is 4.78. The van der Waals surface area contributed by atoms with Crippen molar-refractivity contribution in [3.8, 4) is 5.75 Å². The molecule has 1 amide bonds. The summed E-state index contributed by atoms with van der Waals surface area (Å²) >= 11 is 0. The Balaban J connectivity index is 1.59. The smallest absolute Gasteiger partial charge is 0.387 e. The molecule has 2 heterocycles. The number of carbonyl (C=O) groups is 1. The Labute approximate surface area is 157 Å². The number of carbonyl (C=O) groups excluding carboxylic acids is 1. The lowest BCUT2D eigenvalue weighted by molar-refractivity contribution is -0.0502. The van der Waals surface area contributed by atoms with Crippen LogP contribution in [-0.4, -0.2) is 64.6 Å². The molecule has 1 fully saturated rings. The maximum atomic E-state index is 12.8. The molecule has 3 rings (SSSR count). The van der Waals surface area contributed by atoms with E-state index in [2.05, 4.69) is 14.6 Å². The number of aryl methyl sites for hydroxylation is 1. The van der Waals surface area contributed by atoms with E-state index in [1.54, 1.807) is 23.2 Å². The molecule has 1 aliphatic rings. The second kappa shape index (κ2) is 8.94. The van der Waals surface area contributed by atoms with Gasteiger partial charge in [0.25, 0.3) is 5.91 Å². The molecule has 1 aromatic heterocycles. The van der Waals surface area contributed by atoms with Crippen molar-refractivity contribution >= 4 is 5.91 Å². The molecule has 0 saturated carbocycles. The summed E-state index contributed by atoms with van der Waals surface area (Å²) in [5, 5.41) is 0. The molecule has 1 aliphatic heterocycles. The lowest BCUT2D eigenvalue weighted by atomic mass is 10.1. The van der Waals surface area contributed by atoms with Gasteiger partial charge in [0.05, 0.1) is 5.56 Å². The molecule has 0 aliphatic carbocycles. The summed E-state index contributed by atoms with van der Waals surface area (Å²) in [6.07, 6.45) is 5.40. The van der Waals surface area contributed by atoms with Crippen molar-refractivity contribution in [3.63, 3.8) is 0 Å². The molecule has 1 aromatic carbocycles. The molecule has 0 bridgehead atoms. The minimum absolute atomic E-state index is 0.0756. The number of amides is 1. The van der Waals surface area contributed by atoms with Crippen LogP contribution >= 0.6 is 0 Å². The number of halogens is 2. The zero-order valence-corrected chi connectivity index (χ0v) is 15.4. The van der Waals surface area contributed by atoms with E-state index in [9.17, 15) is 13.6 Å². The van der Waals surface area contributed by atoms with Gasteiger partial charge >= 0.3 is 6.61 Å². The van der Waals surface area contributed by atoms with Crippen molar-refractivity contribution in [2.24, 2.45) is 7.05 Å². The molecule has 146 valence electrons. The number of para-hydroxylation sites is 1. The van der Waals surface area contributed by atoms with E-state index in [1.807, 2.05) is 17.8 Å². The first-order valence-electron chi connectivity index (χ1n) is 9.06. The van der Waals surface area contributed by atoms with Crippen LogP contribution in [0.5, 0.6) is 5.75 Å². The predicted molar refractivity (Wildman–Crippen MR) is 96.9 cm³/mol. The molecule has 0 unspecified atom stereocenters. The van der Waals surface area contributed by atoms with Gasteiger partial charge in [0.1, 0.15) is 11.6 Å². The molecular weight excluding hydrogens is 354 g/mol. The normalized spacial score (nSPS) is 15.8. The SMILES string of the molecule is Cn1ccnc1CCN1CCCN(C(=O)c2ccccc2OC(F)F)CC1. The van der Waals surface area contributed by atoms with Crippen LogP contribution in [0.2, 0.25) is 0 Å². The molecule has 0 spiro atoms. The number of nitrogens with zero attached hydrogens (tertiary/aromatic N) is 4. The van der Waals surface area contributed by atoms with E-state index in [4.69, 9.17) is 0 Å². The first-order valence-corrected chi connectivity index (χ1v) is 9.06. The molecule has 6 nitrogen and oxygen atoms in total. The monoisotopic (exact) mass is 378 g/mol. The largest absolute Gasteiger partial charge is 0.434 e. The van der Waals surface area contributed by atoms with Crippen molar-refractivity contribution < 1.29 is 18.3 Å². The van der Waals surface area contributed by atoms with Crippen LogP contribution in [0.3, 0.4) is 0 Å². The Bertz CT molecular complexity index is 766. The minimum Gasteiger partial charge on any atom is -0.434 e. The predicted octanol–water partition coefficient (Wildman–Crippen LogP) is 2.41. The number of hydrogen-bond acceptors (Lipinski definition) is 4. The Morgan fingerprint density at radius 1 is 1.22 bits per heavy atom. The van der Waals surface area contributed by atoms with Crippen molar-refractivity contribution in [2.45, 2.75) is 19.5 Å². The minimum atomic E-state index is -2.95. The van der Waals surface area contributed by atoms with Gasteiger partial charge in [-0.1, -0.05) is 12.1 Å². The van der Waals surface area contributed by atoms with Crippen LogP contribution in [-0.2, 0) is 13.5 Å². The van der Waals surface area contributed by atoms with Gasteiger partial charge in [-0.05, 0) is 25.1 Å². The highest BCUT2D eigenvalue weighted by Gasteiger charge is 2.23. The first-order chi connectivity index (χ1) is 13.0. The van der Waals surface area contributed by atoms with E-state index in [-0.39, 0.29) is 17.2 Å². The van der Waals surface area contributed by atoms with E-state index in [0.717, 1.165) is 38.3 Å². The fourth-order valence-electron chi connectivity index (χ4n) is 3.31. The summed E-state index contributed by atoms with van der Waals surface area (Å²) in [4.78, 5) is 21.2. The standard InChI is InChI=1S/C19H24F2N4O2/c1-23-12-8-22-17(23)7-11-24-9-4-10-25(14-13-24)18(26)15-5-2-3-6-16(15)27-19(20)21/h2-3,5-6,8,12,19H,4,7,9-11,13-14H2,1H3. The summed E-state index contributed by atoms with van der Waals surface area (Å²) in [6.45, 7) is 0.711. The van der Waals surface area contributed by atoms with E-state index >= 15 is 0 Å². The van der Waals surface area contributed by atoms with Crippen molar-refractivity contribution in [2.75, 3.05) is 32.7 Å². The molecule has 8 heteroatoms. The second-order valence-corrected chi connectivity index (χ2v) is 6.57. The third kappa shape index (κ3) is 5.03. The van der Waals surface area contributed by atoms with Gasteiger partial charge in [-0.15, -0.1) is 0 Å². The lowest BCUT2D eigenvalue weighted by Gasteiger charge is -2.23. The van der Waals surface area contributed by atoms with Crippen molar-refractivity contribution in [3.05, 3.63) is 48.0 Å². The van der Waals surface area contributed by atoms with Gasteiger partial charge in [0.15, 0.2) is 0 Å². The number of benzene rings is 1. The summed E-state index contributed by atoms with van der Waals surface area (Å²) in [5.41, 5.74) is 0.180. The number of ether oxygens (including phenoxy) is 1. The lowest BCUT2D eigenvalue weighted by Crippen LogP contribution is -2.36. The second-order valence-electron chi connectivity index (χ2n) is 6.57. The van der Waals surface area contributed by atoms with E-state index in [0.29, 0.717) is 13.1 Å². The molecule has 0 atom stereocenters. The Morgan fingerprint density at radius 2 is 2.04 bits per heavy atom. The van der Waals surface area contributed by atoms with Gasteiger partial charge in [0.2, 0.25) is 0 Å². The topological polar surface area (TPSA) is 50.6 Å². The van der Waals surface area contributed by atoms with Crippen molar-refractivity contribution in [1.82, 2.24) is 19.4 Å². The van der Waals surface area contributed by atoms with Gasteiger partial charge in [0, 0.05) is 52.0 Å². The summed E-state index contributed by atoms with van der Waals surface area (Å²) in [5.74, 6) is 0.691. The number of imidazole rings is 1. The van der Waals surface area contributed by atoms with Crippen LogP contribution in [0.15, 0.2) is 36.7 Å². The van der Waals surface area contributed by atoms with E-state index < -0.39 is 6.61 Å². The molecule has 0 radical (unpaired) electrons. The molecule has 1 saturated heterocycles. The highest BCUT2D eigenvalue weighted by Crippen LogP contribution is 2.22. The van der Waals surface area contributed by atoms with Crippen LogP contribution < -0.4 is 4.74 Å². The summed E-state index contributed by atoms with van der Waals surface area (Å²) in [7, 11) is 1.98. The fraction of sp³-hybridized carbons (Fsp3) is 0.474. The van der Waals surface area contributed by atoms with Gasteiger partial charge in [-0.2, -0.15) is 8.78 Å². The average molecular weight is 378 g/mol. The molecular formula is C19H24F2N4O2. The molecule has 27 heavy (non-hydrogen) atoms. The average Bonchev–Trinajstić information content (AvgIpc) is 2.91. The Hall–Kier alpha value is -2.48. The number of hydrogen-bond donors (Lipinski definition) is 0. The van der Waals surface area contributed by atoms with Gasteiger partial charge < -0.3 is 19.1 Å². The van der Waals surface area contributed by atoms with Crippen LogP contribution in [0.1, 0.15) is 22.6 Å². The van der Waals surface area contributed by atoms with Crippen LogP contribution in [0.25, 0.3) is 0 Å². The summed E-state index contributed by atoms with van der Waals surface area (Å²) in [6, 6.07) is 6.17. The quantitative estimate of drug-likeness (QED) is 0.775. The maximum Gasteiger partial charge on any atom is 0.387 e. The van der Waals surface area contributed by atoms with Crippen LogP contribution in [0, 0.1) is 0 Å². The van der Waals surface area contributed by atoms with Gasteiger partial charge in [-0.25, -0.2) is 4.98 Å². The zero-order valence-electron chi connectivity index (χ0n) is 15.4. The maximum absolute atomic E-state index is 12.8. The Morgan fingerprint density at radius 3 is 2.78 bits per heavy atom. The highest BCUT2D eigenvalue weighted by molar-refractivity contribution is 5.97.